The van der Waals surface area contributed by atoms with Crippen molar-refractivity contribution in [2.24, 2.45) is 0 Å². The van der Waals surface area contributed by atoms with Gasteiger partial charge in [-0.3, -0.25) is 0 Å². The van der Waals surface area contributed by atoms with Gasteiger partial charge >= 0.3 is 0 Å². The first-order valence-corrected chi connectivity index (χ1v) is 7.92. The van der Waals surface area contributed by atoms with Crippen molar-refractivity contribution < 1.29 is 0 Å². The minimum Gasteiger partial charge on any atom is -0.226 e. The van der Waals surface area contributed by atoms with Crippen LogP contribution in [0, 0.1) is 0 Å². The molecule has 3 rings (SSSR count). The number of halogens is 4. The predicted octanol–water partition coefficient (Wildman–Crippen LogP) is 6.08. The highest BCUT2D eigenvalue weighted by Crippen LogP contribution is 2.35. The molecule has 0 bridgehead atoms. The van der Waals surface area contributed by atoms with Gasteiger partial charge in [0, 0.05) is 10.9 Å². The highest BCUT2D eigenvalue weighted by Gasteiger charge is 2.14. The Morgan fingerprint density at radius 2 is 1.79 bits per heavy atom. The van der Waals surface area contributed by atoms with E-state index in [9.17, 15) is 0 Å². The Hall–Kier alpha value is -0.390. The summed E-state index contributed by atoms with van der Waals surface area (Å²) in [5, 5.41) is 3.81. The number of hydrogen-bond donors (Lipinski definition) is 0. The van der Waals surface area contributed by atoms with Crippen molar-refractivity contribution >= 4 is 73.0 Å². The van der Waals surface area contributed by atoms with E-state index < -0.39 is 0 Å². The van der Waals surface area contributed by atoms with Crippen LogP contribution in [-0.4, -0.2) is 9.97 Å². The van der Waals surface area contributed by atoms with E-state index >= 15 is 0 Å². The van der Waals surface area contributed by atoms with E-state index in [0.717, 1.165) is 9.35 Å². The zero-order valence-electron chi connectivity index (χ0n) is 9.12. The molecular weight excluding hydrogens is 390 g/mol. The van der Waals surface area contributed by atoms with Crippen LogP contribution in [-0.2, 0) is 0 Å². The summed E-state index contributed by atoms with van der Waals surface area (Å²) in [7, 11) is 0. The maximum atomic E-state index is 6.19. The lowest BCUT2D eigenvalue weighted by atomic mass is 10.2. The van der Waals surface area contributed by atoms with Crippen LogP contribution in [0.15, 0.2) is 27.4 Å². The smallest absolute Gasteiger partial charge is 0.162 e. The Morgan fingerprint density at radius 1 is 1.05 bits per heavy atom. The van der Waals surface area contributed by atoms with Crippen LogP contribution in [0.4, 0.5) is 0 Å². The van der Waals surface area contributed by atoms with Crippen LogP contribution in [0.3, 0.4) is 0 Å². The van der Waals surface area contributed by atoms with Crippen molar-refractivity contribution in [1.29, 1.82) is 0 Å². The van der Waals surface area contributed by atoms with Crippen molar-refractivity contribution in [3.8, 4) is 11.4 Å². The molecule has 0 N–H and O–H groups in total. The van der Waals surface area contributed by atoms with Gasteiger partial charge in [0.15, 0.2) is 5.82 Å². The summed E-state index contributed by atoms with van der Waals surface area (Å²) in [5.41, 5.74) is 1.45. The number of fused-ring (bicyclic) bond motifs is 1. The summed E-state index contributed by atoms with van der Waals surface area (Å²) in [5.74, 6) is 0.531. The summed E-state index contributed by atoms with van der Waals surface area (Å²) < 4.78 is 1.000. The molecule has 0 aliphatic heterocycles. The molecule has 19 heavy (non-hydrogen) atoms. The first-order chi connectivity index (χ1) is 9.06. The van der Waals surface area contributed by atoms with Crippen molar-refractivity contribution in [2.75, 3.05) is 0 Å². The number of thiophene rings is 1. The van der Waals surface area contributed by atoms with Crippen LogP contribution >= 0.6 is 62.1 Å². The standard InChI is InChI=1S/C12H4BrCl3N2S/c13-8-3-5(4-19-8)12-17-10-7(15)2-1-6(14)9(10)11(16)18-12/h1-4H. The Morgan fingerprint density at radius 3 is 2.47 bits per heavy atom. The molecule has 0 saturated heterocycles. The molecule has 96 valence electrons. The Labute approximate surface area is 136 Å². The van der Waals surface area contributed by atoms with E-state index in [1.165, 1.54) is 0 Å². The van der Waals surface area contributed by atoms with E-state index in [2.05, 4.69) is 25.9 Å². The highest BCUT2D eigenvalue weighted by molar-refractivity contribution is 9.11. The Kier molecular flexibility index (Phi) is 3.71. The van der Waals surface area contributed by atoms with Gasteiger partial charge in [0.2, 0.25) is 0 Å². The molecule has 0 radical (unpaired) electrons. The largest absolute Gasteiger partial charge is 0.226 e. The topological polar surface area (TPSA) is 25.8 Å². The lowest BCUT2D eigenvalue weighted by Crippen LogP contribution is -1.92. The minimum absolute atomic E-state index is 0.301. The number of aromatic nitrogens is 2. The minimum atomic E-state index is 0.301. The molecule has 2 heterocycles. The molecule has 2 aromatic heterocycles. The van der Waals surface area contributed by atoms with E-state index in [-0.39, 0.29) is 0 Å². The molecule has 1 aromatic carbocycles. The fourth-order valence-corrected chi connectivity index (χ4v) is 3.58. The predicted molar refractivity (Wildman–Crippen MR) is 85.6 cm³/mol. The van der Waals surface area contributed by atoms with Crippen LogP contribution in [0.25, 0.3) is 22.3 Å². The summed E-state index contributed by atoms with van der Waals surface area (Å²) in [6, 6.07) is 5.31. The average Bonchev–Trinajstić information content (AvgIpc) is 2.80. The number of rotatable bonds is 1. The molecule has 0 spiro atoms. The molecular formula is C12H4BrCl3N2S. The van der Waals surface area contributed by atoms with Crippen LogP contribution in [0.1, 0.15) is 0 Å². The van der Waals surface area contributed by atoms with E-state index in [4.69, 9.17) is 34.8 Å². The van der Waals surface area contributed by atoms with Gasteiger partial charge in [-0.15, -0.1) is 11.3 Å². The van der Waals surface area contributed by atoms with Gasteiger partial charge in [-0.2, -0.15) is 0 Å². The third kappa shape index (κ3) is 2.48. The zero-order chi connectivity index (χ0) is 13.6. The lowest BCUT2D eigenvalue weighted by molar-refractivity contribution is 1.23. The first-order valence-electron chi connectivity index (χ1n) is 5.12. The van der Waals surface area contributed by atoms with Crippen molar-refractivity contribution in [2.45, 2.75) is 0 Å². The molecule has 0 unspecified atom stereocenters. The molecule has 0 fully saturated rings. The molecule has 0 atom stereocenters. The molecule has 0 aliphatic carbocycles. The van der Waals surface area contributed by atoms with Gasteiger partial charge in [-0.1, -0.05) is 34.8 Å². The van der Waals surface area contributed by atoms with Gasteiger partial charge in [0.25, 0.3) is 0 Å². The van der Waals surface area contributed by atoms with Gasteiger partial charge in [-0.05, 0) is 34.1 Å². The third-order valence-corrected chi connectivity index (χ3v) is 4.93. The fourth-order valence-electron chi connectivity index (χ4n) is 1.68. The quantitative estimate of drug-likeness (QED) is 0.467. The molecule has 3 aromatic rings. The average molecular weight is 395 g/mol. The molecule has 0 saturated carbocycles. The van der Waals surface area contributed by atoms with Crippen LogP contribution < -0.4 is 0 Å². The molecule has 0 amide bonds. The van der Waals surface area contributed by atoms with Crippen molar-refractivity contribution in [3.05, 3.63) is 42.6 Å². The van der Waals surface area contributed by atoms with Crippen LogP contribution in [0.5, 0.6) is 0 Å². The van der Waals surface area contributed by atoms with E-state index in [1.807, 2.05) is 11.4 Å². The van der Waals surface area contributed by atoms with Gasteiger partial charge in [0.1, 0.15) is 5.15 Å². The highest BCUT2D eigenvalue weighted by atomic mass is 79.9. The zero-order valence-corrected chi connectivity index (χ0v) is 13.8. The second kappa shape index (κ2) is 5.19. The Bertz CT molecular complexity index is 788. The second-order valence-electron chi connectivity index (χ2n) is 3.73. The maximum Gasteiger partial charge on any atom is 0.162 e. The summed E-state index contributed by atoms with van der Waals surface area (Å²) >= 11 is 23.4. The number of hydrogen-bond acceptors (Lipinski definition) is 3. The van der Waals surface area contributed by atoms with Gasteiger partial charge in [-0.25, -0.2) is 9.97 Å². The molecule has 7 heteroatoms. The van der Waals surface area contributed by atoms with Crippen LogP contribution in [0.2, 0.25) is 15.2 Å². The maximum absolute atomic E-state index is 6.19. The second-order valence-corrected chi connectivity index (χ2v) is 7.19. The van der Waals surface area contributed by atoms with Gasteiger partial charge < -0.3 is 0 Å². The number of benzene rings is 1. The number of nitrogens with zero attached hydrogens (tertiary/aromatic N) is 2. The monoisotopic (exact) mass is 392 g/mol. The summed E-state index contributed by atoms with van der Waals surface area (Å²) in [6.07, 6.45) is 0. The lowest BCUT2D eigenvalue weighted by Gasteiger charge is -2.06. The van der Waals surface area contributed by atoms with E-state index in [1.54, 1.807) is 23.5 Å². The summed E-state index contributed by atoms with van der Waals surface area (Å²) in [4.78, 5) is 8.74. The van der Waals surface area contributed by atoms with Crippen molar-refractivity contribution in [1.82, 2.24) is 9.97 Å². The summed E-state index contributed by atoms with van der Waals surface area (Å²) in [6.45, 7) is 0. The third-order valence-electron chi connectivity index (χ3n) is 2.53. The molecule has 2 nitrogen and oxygen atoms in total. The van der Waals surface area contributed by atoms with E-state index in [0.29, 0.717) is 31.9 Å². The normalized spacial score (nSPS) is 11.2. The SMILES string of the molecule is Clc1ccc(Cl)c2c(Cl)nc(-c3csc(Br)c3)nc12. The first kappa shape index (κ1) is 13.6. The fraction of sp³-hybridized carbons (Fsp3) is 0. The van der Waals surface area contributed by atoms with Crippen molar-refractivity contribution in [3.63, 3.8) is 0 Å². The van der Waals surface area contributed by atoms with Gasteiger partial charge in [0.05, 0.1) is 24.7 Å². The Balaban J connectivity index is 2.33. The molecule has 0 aliphatic rings.